The largest absolute Gasteiger partial charge is 0.466 e. The first kappa shape index (κ1) is 14.4. The molecule has 0 amide bonds. The predicted octanol–water partition coefficient (Wildman–Crippen LogP) is 1.37. The molecule has 2 radical (unpaired) electrons. The van der Waals surface area contributed by atoms with Gasteiger partial charge >= 0.3 is 5.97 Å². The lowest BCUT2D eigenvalue weighted by Gasteiger charge is -2.16. The van der Waals surface area contributed by atoms with E-state index in [-0.39, 0.29) is 11.9 Å². The quantitative estimate of drug-likeness (QED) is 0.493. The summed E-state index contributed by atoms with van der Waals surface area (Å²) in [6, 6.07) is 7.12. The number of methoxy groups -OCH3 is 1. The monoisotopic (exact) mass is 243 g/mol. The molecule has 1 unspecified atom stereocenters. The van der Waals surface area contributed by atoms with E-state index in [9.17, 15) is 4.79 Å². The van der Waals surface area contributed by atoms with Crippen LogP contribution in [0.4, 0.5) is 0 Å². The lowest BCUT2D eigenvalue weighted by Crippen LogP contribution is -2.18. The maximum Gasteiger partial charge on any atom is 0.336 e. The molecule has 3 nitrogen and oxygen atoms in total. The van der Waals surface area contributed by atoms with Crippen LogP contribution in [0.5, 0.6) is 0 Å². The highest BCUT2D eigenvalue weighted by atomic mass is 16.5. The van der Waals surface area contributed by atoms with E-state index in [1.807, 2.05) is 13.8 Å². The molecule has 0 spiro atoms. The molecule has 0 aliphatic carbocycles. The fourth-order valence-electron chi connectivity index (χ4n) is 1.71. The van der Waals surface area contributed by atoms with Gasteiger partial charge in [0, 0.05) is 5.70 Å². The van der Waals surface area contributed by atoms with Gasteiger partial charge in [-0.25, -0.2) is 4.79 Å². The summed E-state index contributed by atoms with van der Waals surface area (Å²) in [5.74, 6) is -0.325. The van der Waals surface area contributed by atoms with E-state index in [4.69, 9.17) is 18.3 Å². The zero-order chi connectivity index (χ0) is 13.7. The van der Waals surface area contributed by atoms with Crippen LogP contribution in [0.15, 0.2) is 29.8 Å². The van der Waals surface area contributed by atoms with Crippen LogP contribution in [-0.4, -0.2) is 20.9 Å². The van der Waals surface area contributed by atoms with Crippen molar-refractivity contribution in [2.45, 2.75) is 20.3 Å². The van der Waals surface area contributed by atoms with Gasteiger partial charge in [-0.2, -0.15) is 0 Å². The topological polar surface area (TPSA) is 52.3 Å². The standard InChI is InChI=1S/C14H18BNO2/c1-4-9(2)12(14(17)18-3)13(16)10-5-7-11(15)8-6-10/h5-9H,4,16H2,1-3H3/b13-12+. The van der Waals surface area contributed by atoms with Crippen molar-refractivity contribution in [2.75, 3.05) is 7.11 Å². The number of carbonyl (C=O) groups is 1. The molecule has 0 saturated heterocycles. The SMILES string of the molecule is [B]c1ccc(/C(N)=C(\C(=O)OC)C(C)CC)cc1. The number of carbonyl (C=O) groups excluding carboxylic acids is 1. The Morgan fingerprint density at radius 1 is 1.39 bits per heavy atom. The first-order chi connectivity index (χ1) is 8.51. The first-order valence-corrected chi connectivity index (χ1v) is 5.95. The Kier molecular flexibility index (Phi) is 5.01. The van der Waals surface area contributed by atoms with Crippen LogP contribution in [0, 0.1) is 5.92 Å². The molecule has 18 heavy (non-hydrogen) atoms. The van der Waals surface area contributed by atoms with Crippen LogP contribution < -0.4 is 11.2 Å². The molecule has 1 aromatic rings. The van der Waals surface area contributed by atoms with Crippen molar-refractivity contribution in [1.29, 1.82) is 0 Å². The van der Waals surface area contributed by atoms with Crippen molar-refractivity contribution in [3.05, 3.63) is 35.4 Å². The average molecular weight is 243 g/mol. The Morgan fingerprint density at radius 2 is 1.94 bits per heavy atom. The second-order valence-electron chi connectivity index (χ2n) is 4.25. The Labute approximate surface area is 109 Å². The van der Waals surface area contributed by atoms with Crippen LogP contribution in [0.2, 0.25) is 0 Å². The number of hydrogen-bond acceptors (Lipinski definition) is 3. The summed E-state index contributed by atoms with van der Waals surface area (Å²) in [5, 5.41) is 0. The molecule has 0 aliphatic rings. The molecule has 0 aromatic heterocycles. The summed E-state index contributed by atoms with van der Waals surface area (Å²) in [6.45, 7) is 3.96. The Balaban J connectivity index is 3.26. The normalized spacial score (nSPS) is 13.7. The van der Waals surface area contributed by atoms with Crippen molar-refractivity contribution in [3.8, 4) is 0 Å². The molecule has 0 bridgehead atoms. The number of ether oxygens (including phenoxy) is 1. The summed E-state index contributed by atoms with van der Waals surface area (Å²) >= 11 is 0. The molecule has 4 heteroatoms. The predicted molar refractivity (Wildman–Crippen MR) is 74.4 cm³/mol. The highest BCUT2D eigenvalue weighted by Crippen LogP contribution is 2.23. The third kappa shape index (κ3) is 3.16. The highest BCUT2D eigenvalue weighted by molar-refractivity contribution is 6.32. The number of hydrogen-bond donors (Lipinski definition) is 1. The van der Waals surface area contributed by atoms with E-state index in [1.165, 1.54) is 7.11 Å². The van der Waals surface area contributed by atoms with E-state index in [0.29, 0.717) is 16.7 Å². The summed E-state index contributed by atoms with van der Waals surface area (Å²) in [6.07, 6.45) is 0.820. The molecule has 94 valence electrons. The summed E-state index contributed by atoms with van der Waals surface area (Å²) < 4.78 is 4.80. The van der Waals surface area contributed by atoms with Gasteiger partial charge in [0.25, 0.3) is 0 Å². The lowest BCUT2D eigenvalue weighted by molar-refractivity contribution is -0.136. The van der Waals surface area contributed by atoms with E-state index in [0.717, 1.165) is 12.0 Å². The molecule has 0 aliphatic heterocycles. The minimum atomic E-state index is -0.376. The van der Waals surface area contributed by atoms with E-state index < -0.39 is 0 Å². The number of benzene rings is 1. The highest BCUT2D eigenvalue weighted by Gasteiger charge is 2.20. The summed E-state index contributed by atoms with van der Waals surface area (Å²) in [4.78, 5) is 11.8. The molecule has 1 atom stereocenters. The van der Waals surface area contributed by atoms with Gasteiger partial charge in [-0.15, -0.1) is 0 Å². The maximum atomic E-state index is 11.8. The lowest BCUT2D eigenvalue weighted by atomic mass is 9.91. The van der Waals surface area contributed by atoms with Gasteiger partial charge in [0.1, 0.15) is 7.85 Å². The van der Waals surface area contributed by atoms with Crippen LogP contribution in [0.25, 0.3) is 5.70 Å². The number of nitrogens with two attached hydrogens (primary N) is 1. The molecular formula is C14H18BNO2. The third-order valence-electron chi connectivity index (χ3n) is 3.02. The molecule has 0 fully saturated rings. The van der Waals surface area contributed by atoms with Gasteiger partial charge in [-0.1, -0.05) is 43.6 Å². The number of rotatable bonds is 4. The second-order valence-corrected chi connectivity index (χ2v) is 4.25. The smallest absolute Gasteiger partial charge is 0.336 e. The van der Waals surface area contributed by atoms with Gasteiger partial charge in [0.15, 0.2) is 0 Å². The fraction of sp³-hybridized carbons (Fsp3) is 0.357. The molecular weight excluding hydrogens is 225 g/mol. The zero-order valence-corrected chi connectivity index (χ0v) is 11.1. The van der Waals surface area contributed by atoms with Gasteiger partial charge in [0.2, 0.25) is 0 Å². The molecule has 0 heterocycles. The Morgan fingerprint density at radius 3 is 2.39 bits per heavy atom. The van der Waals surface area contributed by atoms with Gasteiger partial charge in [0.05, 0.1) is 12.7 Å². The minimum absolute atomic E-state index is 0.0509. The molecule has 2 N–H and O–H groups in total. The van der Waals surface area contributed by atoms with Gasteiger partial charge in [-0.3, -0.25) is 0 Å². The second kappa shape index (κ2) is 6.29. The van der Waals surface area contributed by atoms with Crippen LogP contribution >= 0.6 is 0 Å². The van der Waals surface area contributed by atoms with Gasteiger partial charge in [-0.05, 0) is 17.9 Å². The van der Waals surface area contributed by atoms with Crippen molar-refractivity contribution in [1.82, 2.24) is 0 Å². The molecule has 0 saturated carbocycles. The number of esters is 1. The van der Waals surface area contributed by atoms with Crippen molar-refractivity contribution >= 4 is 25.0 Å². The van der Waals surface area contributed by atoms with Crippen LogP contribution in [0.1, 0.15) is 25.8 Å². The van der Waals surface area contributed by atoms with Crippen molar-refractivity contribution < 1.29 is 9.53 Å². The Bertz CT molecular complexity index is 451. The summed E-state index contributed by atoms with van der Waals surface area (Å²) in [7, 11) is 6.99. The van der Waals surface area contributed by atoms with Crippen LogP contribution in [0.3, 0.4) is 0 Å². The molecule has 1 rings (SSSR count). The van der Waals surface area contributed by atoms with Gasteiger partial charge < -0.3 is 10.5 Å². The van der Waals surface area contributed by atoms with Crippen molar-refractivity contribution in [3.63, 3.8) is 0 Å². The summed E-state index contributed by atoms with van der Waals surface area (Å²) in [5.41, 5.74) is 8.50. The fourth-order valence-corrected chi connectivity index (χ4v) is 1.71. The van der Waals surface area contributed by atoms with Crippen molar-refractivity contribution in [2.24, 2.45) is 11.7 Å². The van der Waals surface area contributed by atoms with Crippen LogP contribution in [-0.2, 0) is 9.53 Å². The zero-order valence-electron chi connectivity index (χ0n) is 11.1. The first-order valence-electron chi connectivity index (χ1n) is 5.95. The minimum Gasteiger partial charge on any atom is -0.466 e. The van der Waals surface area contributed by atoms with E-state index in [1.54, 1.807) is 24.3 Å². The Hall–Kier alpha value is -1.71. The van der Waals surface area contributed by atoms with E-state index >= 15 is 0 Å². The molecule has 1 aromatic carbocycles. The average Bonchev–Trinajstić information content (AvgIpc) is 2.39. The van der Waals surface area contributed by atoms with E-state index in [2.05, 4.69) is 0 Å². The maximum absolute atomic E-state index is 11.8. The third-order valence-corrected chi connectivity index (χ3v) is 3.02.